The van der Waals surface area contributed by atoms with Crippen molar-refractivity contribution in [3.63, 3.8) is 0 Å². The molecule has 2 aliphatic heterocycles. The summed E-state index contributed by atoms with van der Waals surface area (Å²) in [5, 5.41) is 17.3. The summed E-state index contributed by atoms with van der Waals surface area (Å²) in [6.07, 6.45) is 2.36. The van der Waals surface area contributed by atoms with Crippen molar-refractivity contribution >= 4 is 34.6 Å². The van der Waals surface area contributed by atoms with E-state index >= 15 is 0 Å². The second-order valence-electron chi connectivity index (χ2n) is 19.5. The molecule has 1 saturated heterocycles. The number of pyridine rings is 1. The third-order valence-corrected chi connectivity index (χ3v) is 13.5. The number of fused-ring (bicyclic) bond motifs is 6. The summed E-state index contributed by atoms with van der Waals surface area (Å²) in [6, 6.07) is 26.5. The minimum Gasteiger partial charge on any atom is -0.496 e. The largest absolute Gasteiger partial charge is 0.496 e. The van der Waals surface area contributed by atoms with Crippen molar-refractivity contribution in [2.24, 2.45) is 21.3 Å². The fourth-order valence-electron chi connectivity index (χ4n) is 9.83. The van der Waals surface area contributed by atoms with E-state index in [1.807, 2.05) is 63.2 Å². The maximum atomic E-state index is 14.7. The molecule has 1 fully saturated rings. The van der Waals surface area contributed by atoms with Crippen molar-refractivity contribution in [1.82, 2.24) is 30.2 Å². The highest BCUT2D eigenvalue weighted by atomic mass is 16.6. The number of nitrogens with zero attached hydrogens (tertiary/aromatic N) is 6. The molecule has 3 amide bonds. The van der Waals surface area contributed by atoms with Gasteiger partial charge in [-0.05, 0) is 97.0 Å². The lowest BCUT2D eigenvalue weighted by Gasteiger charge is -2.39. The van der Waals surface area contributed by atoms with Gasteiger partial charge >= 0.3 is 0 Å². The lowest BCUT2D eigenvalue weighted by atomic mass is 9.84. The molecule has 0 aliphatic carbocycles. The Morgan fingerprint density at radius 1 is 1.04 bits per heavy atom. The lowest BCUT2D eigenvalue weighted by Crippen LogP contribution is -2.62. The number of aliphatic imine (C=N–C) groups is 2. The zero-order valence-corrected chi connectivity index (χ0v) is 42.2. The Balaban J connectivity index is 1.21. The van der Waals surface area contributed by atoms with Crippen LogP contribution in [0.2, 0.25) is 0 Å². The number of para-hydroxylation sites is 1. The average molecular weight is 955 g/mol. The first-order chi connectivity index (χ1) is 33.6. The predicted molar refractivity (Wildman–Crippen MR) is 272 cm³/mol. The molecule has 3 aromatic carbocycles. The SMILES string of the molecule is CCn1c(-c2cccnc2[C@H](C)OC)c2c3cc(ccc31)-c1cccc(c1)C[C@H](NC(=O)[C@H](C(C)C)N(C)C(=O)CCN=C=NCc1ccccc1OC)C(=O)N1CCC[C@H](N1)C(O)OCC(C)(C)C2. The minimum atomic E-state index is -1.22. The Bertz CT molecular complexity index is 2710. The Morgan fingerprint density at radius 2 is 1.83 bits per heavy atom. The van der Waals surface area contributed by atoms with Gasteiger partial charge in [0.1, 0.15) is 17.8 Å². The molecule has 0 spiro atoms. The highest BCUT2D eigenvalue weighted by molar-refractivity contribution is 5.96. The Morgan fingerprint density at radius 3 is 2.59 bits per heavy atom. The molecule has 5 aromatic rings. The van der Waals surface area contributed by atoms with Crippen molar-refractivity contribution < 1.29 is 33.7 Å². The summed E-state index contributed by atoms with van der Waals surface area (Å²) in [7, 11) is 4.91. The molecule has 1 unspecified atom stereocenters. The number of hydrazine groups is 1. The van der Waals surface area contributed by atoms with Gasteiger partial charge in [0.05, 0.1) is 56.3 Å². The second kappa shape index (κ2) is 23.1. The predicted octanol–water partition coefficient (Wildman–Crippen LogP) is 7.79. The monoisotopic (exact) mass is 955 g/mol. The van der Waals surface area contributed by atoms with Gasteiger partial charge in [-0.3, -0.25) is 24.4 Å². The van der Waals surface area contributed by atoms with Gasteiger partial charge in [0.2, 0.25) is 11.8 Å². The third kappa shape index (κ3) is 11.8. The molecule has 15 nitrogen and oxygen atoms in total. The van der Waals surface area contributed by atoms with Crippen LogP contribution >= 0.6 is 0 Å². The molecule has 0 radical (unpaired) electrons. The third-order valence-electron chi connectivity index (χ3n) is 13.5. The number of carbonyl (C=O) groups excluding carboxylic acids is 3. The van der Waals surface area contributed by atoms with E-state index in [2.05, 4.69) is 88.5 Å². The molecule has 3 N–H and O–H groups in total. The normalized spacial score (nSPS) is 19.2. The molecule has 4 heterocycles. The van der Waals surface area contributed by atoms with E-state index in [0.717, 1.165) is 61.4 Å². The number of rotatable bonds is 14. The maximum absolute atomic E-state index is 14.7. The summed E-state index contributed by atoms with van der Waals surface area (Å²) >= 11 is 0. The Labute approximate surface area is 412 Å². The van der Waals surface area contributed by atoms with Crippen molar-refractivity contribution in [2.45, 2.75) is 117 Å². The number of amides is 3. The smallest absolute Gasteiger partial charge is 0.259 e. The van der Waals surface area contributed by atoms with Crippen LogP contribution in [-0.4, -0.2) is 114 Å². The van der Waals surface area contributed by atoms with E-state index in [1.54, 1.807) is 27.5 Å². The van der Waals surface area contributed by atoms with Gasteiger partial charge < -0.3 is 34.1 Å². The number of hydrogen-bond donors (Lipinski definition) is 3. The number of ether oxygens (including phenoxy) is 3. The van der Waals surface area contributed by atoms with E-state index in [1.165, 1.54) is 9.91 Å². The van der Waals surface area contributed by atoms with Crippen LogP contribution in [0.15, 0.2) is 95.0 Å². The minimum absolute atomic E-state index is 0.0370. The van der Waals surface area contributed by atoms with Crippen LogP contribution in [0.5, 0.6) is 5.75 Å². The van der Waals surface area contributed by atoms with Crippen molar-refractivity contribution in [1.29, 1.82) is 0 Å². The van der Waals surface area contributed by atoms with Gasteiger partial charge in [0, 0.05) is 68.3 Å². The number of nitrogens with one attached hydrogen (secondary N) is 2. The molecule has 372 valence electrons. The van der Waals surface area contributed by atoms with Crippen LogP contribution in [0.25, 0.3) is 33.3 Å². The molecule has 2 aromatic heterocycles. The highest BCUT2D eigenvalue weighted by Gasteiger charge is 2.37. The van der Waals surface area contributed by atoms with E-state index in [4.69, 9.17) is 19.2 Å². The first-order valence-corrected chi connectivity index (χ1v) is 24.5. The van der Waals surface area contributed by atoms with Crippen LogP contribution in [0.1, 0.15) is 89.3 Å². The topological polar surface area (TPSA) is 172 Å². The number of aromatic nitrogens is 2. The van der Waals surface area contributed by atoms with Crippen molar-refractivity contribution in [3.05, 3.63) is 107 Å². The van der Waals surface area contributed by atoms with Gasteiger partial charge in [0.25, 0.3) is 5.91 Å². The lowest BCUT2D eigenvalue weighted by molar-refractivity contribution is -0.164. The molecular weight excluding hydrogens is 885 g/mol. The molecule has 2 aliphatic rings. The number of benzene rings is 3. The molecule has 6 bridgehead atoms. The molecule has 0 saturated carbocycles. The summed E-state index contributed by atoms with van der Waals surface area (Å²) < 4.78 is 19.9. The number of aryl methyl sites for hydroxylation is 1. The second-order valence-corrected chi connectivity index (χ2v) is 19.5. The number of aliphatic hydroxyl groups excluding tert-OH is 1. The van der Waals surface area contributed by atoms with Gasteiger partial charge in [-0.15, -0.1) is 0 Å². The van der Waals surface area contributed by atoms with E-state index in [9.17, 15) is 19.5 Å². The summed E-state index contributed by atoms with van der Waals surface area (Å²) in [5.41, 5.74) is 11.7. The number of hydrogen-bond acceptors (Lipinski definition) is 11. The molecule has 15 heteroatoms. The molecule has 7 rings (SSSR count). The van der Waals surface area contributed by atoms with Crippen LogP contribution in [0.4, 0.5) is 0 Å². The van der Waals surface area contributed by atoms with Crippen molar-refractivity contribution in [3.8, 4) is 28.1 Å². The van der Waals surface area contributed by atoms with Gasteiger partial charge in [-0.2, -0.15) is 0 Å². The maximum Gasteiger partial charge on any atom is 0.259 e. The molecule has 70 heavy (non-hydrogen) atoms. The summed E-state index contributed by atoms with van der Waals surface area (Å²) in [4.78, 5) is 57.6. The quantitative estimate of drug-likeness (QED) is 0.0940. The fraction of sp³-hybridized carbons (Fsp3) is 0.473. The number of carbonyl (C=O) groups is 3. The fourth-order valence-corrected chi connectivity index (χ4v) is 9.83. The van der Waals surface area contributed by atoms with E-state index in [-0.39, 0.29) is 49.8 Å². The van der Waals surface area contributed by atoms with E-state index < -0.39 is 35.7 Å². The number of methoxy groups -OCH3 is 2. The first kappa shape index (κ1) is 51.6. The zero-order chi connectivity index (χ0) is 50.1. The van der Waals surface area contributed by atoms with Gasteiger partial charge in [0.15, 0.2) is 6.29 Å². The summed E-state index contributed by atoms with van der Waals surface area (Å²) in [6.45, 7) is 14.0. The van der Waals surface area contributed by atoms with Crippen LogP contribution in [-0.2, 0) is 49.8 Å². The van der Waals surface area contributed by atoms with Crippen LogP contribution < -0.4 is 15.5 Å². The Hall–Kier alpha value is -6.22. The van der Waals surface area contributed by atoms with Crippen LogP contribution in [0, 0.1) is 11.3 Å². The van der Waals surface area contributed by atoms with E-state index in [0.29, 0.717) is 38.9 Å². The van der Waals surface area contributed by atoms with Gasteiger partial charge in [-0.1, -0.05) is 76.2 Å². The molecule has 5 atom stereocenters. The summed E-state index contributed by atoms with van der Waals surface area (Å²) in [5.74, 6) is -0.652. The van der Waals surface area contributed by atoms with Gasteiger partial charge in [-0.25, -0.2) is 15.4 Å². The standard InChI is InChI=1S/C55H70N8O7/c1-10-62-46-23-22-39-30-42(46)43(51(62)41-19-14-25-58-49(41)36(4)68-8)31-55(5,6)33-70-54(67)44-20-15-27-63(60-44)53(66)45(29-37-16-13-18-38(39)28-37)59-52(65)50(35(2)3)61(7)48(64)24-26-56-34-57-32-40-17-11-12-21-47(40)69-9/h11-14,16-19,21-23,25,28,30,35-36,44-45,50,54,60,67H,10,15,20,24,26-27,29,31-33H2,1-9H3,(H,59,65)/t36-,44-,45-,50-,54?/m0/s1. The van der Waals surface area contributed by atoms with Crippen molar-refractivity contribution in [2.75, 3.05) is 41.0 Å². The Kier molecular flexibility index (Phi) is 17.1. The number of aliphatic hydroxyl groups is 1. The average Bonchev–Trinajstić information content (AvgIpc) is 3.66. The highest BCUT2D eigenvalue weighted by Crippen LogP contribution is 2.42. The first-order valence-electron chi connectivity index (χ1n) is 24.5. The van der Waals surface area contributed by atoms with Crippen LogP contribution in [0.3, 0.4) is 0 Å². The zero-order valence-electron chi connectivity index (χ0n) is 42.2. The number of likely N-dealkylation sites (N-methyl/N-ethyl adjacent to an activating group) is 1. The molecular formula is C55H70N8O7.